The number of likely N-dealkylation sites (tertiary alicyclic amines) is 1. The van der Waals surface area contributed by atoms with Crippen molar-refractivity contribution in [1.29, 1.82) is 0 Å². The van der Waals surface area contributed by atoms with Crippen molar-refractivity contribution in [2.24, 2.45) is 22.0 Å². The number of hydrogen-bond donors (Lipinski definition) is 2. The smallest absolute Gasteiger partial charge is 0.305 e. The maximum absolute atomic E-state index is 11.7. The number of nitrogens with zero attached hydrogens (tertiary/aromatic N) is 3. The second-order valence-corrected chi connectivity index (χ2v) is 9.16. The molecule has 3 atom stereocenters. The van der Waals surface area contributed by atoms with Crippen LogP contribution in [0.3, 0.4) is 0 Å². The fraction of sp³-hybridized carbons (Fsp3) is 0.524. The van der Waals surface area contributed by atoms with E-state index in [1.54, 1.807) is 6.21 Å². The highest BCUT2D eigenvalue weighted by Crippen LogP contribution is 2.22. The monoisotopic (exact) mass is 432 g/mol. The molecule has 2 N–H and O–H groups in total. The number of rotatable bonds is 8. The van der Waals surface area contributed by atoms with Crippen LogP contribution in [0.5, 0.6) is 5.75 Å². The molecule has 162 valence electrons. The van der Waals surface area contributed by atoms with Gasteiger partial charge in [0.05, 0.1) is 12.6 Å². The first-order valence-corrected chi connectivity index (χ1v) is 11.0. The van der Waals surface area contributed by atoms with E-state index in [0.717, 1.165) is 54.5 Å². The number of amidine groups is 1. The van der Waals surface area contributed by atoms with E-state index >= 15 is 0 Å². The molecule has 9 heteroatoms. The van der Waals surface area contributed by atoms with E-state index in [1.165, 1.54) is 6.42 Å². The van der Waals surface area contributed by atoms with Gasteiger partial charge in [0.25, 0.3) is 0 Å². The van der Waals surface area contributed by atoms with E-state index in [4.69, 9.17) is 9.84 Å². The Balaban J connectivity index is 1.48. The van der Waals surface area contributed by atoms with Crippen LogP contribution in [0.4, 0.5) is 0 Å². The molecule has 0 bridgehead atoms. The number of benzene rings is 1. The van der Waals surface area contributed by atoms with Gasteiger partial charge in [-0.1, -0.05) is 37.7 Å². The van der Waals surface area contributed by atoms with E-state index in [1.807, 2.05) is 24.3 Å². The molecule has 2 fully saturated rings. The maximum atomic E-state index is 11.7. The summed E-state index contributed by atoms with van der Waals surface area (Å²) in [6, 6.07) is 7.58. The average Bonchev–Trinajstić information content (AvgIpc) is 3.00. The van der Waals surface area contributed by atoms with Gasteiger partial charge in [-0.15, -0.1) is 5.10 Å². The molecular formula is C21H28N4O4S. The predicted octanol–water partition coefficient (Wildman–Crippen LogP) is 2.44. The molecule has 1 amide bonds. The maximum Gasteiger partial charge on any atom is 0.305 e. The topological polar surface area (TPSA) is 104 Å². The van der Waals surface area contributed by atoms with Crippen molar-refractivity contribution in [3.8, 4) is 5.75 Å². The van der Waals surface area contributed by atoms with Crippen molar-refractivity contribution >= 4 is 35.0 Å². The summed E-state index contributed by atoms with van der Waals surface area (Å²) in [6.45, 7) is 8.41. The van der Waals surface area contributed by atoms with Crippen LogP contribution in [0.2, 0.25) is 0 Å². The summed E-state index contributed by atoms with van der Waals surface area (Å²) in [4.78, 5) is 24.9. The predicted molar refractivity (Wildman–Crippen MR) is 118 cm³/mol. The number of thioether (sulfide) groups is 1. The fourth-order valence-electron chi connectivity index (χ4n) is 3.84. The molecule has 2 saturated heterocycles. The number of carboxylic acids is 1. The Morgan fingerprint density at radius 3 is 2.87 bits per heavy atom. The normalized spacial score (nSPS) is 26.3. The molecule has 0 spiro atoms. The minimum absolute atomic E-state index is 0.242. The number of aliphatic carboxylic acids is 1. The fourth-order valence-corrected chi connectivity index (χ4v) is 4.76. The zero-order valence-corrected chi connectivity index (χ0v) is 18.1. The number of ether oxygens (including phenoxy) is 1. The molecule has 1 aromatic carbocycles. The number of hydrogen-bond acceptors (Lipinski definition) is 7. The number of nitrogens with one attached hydrogen (secondary N) is 1. The second-order valence-electron chi connectivity index (χ2n) is 7.97. The Morgan fingerprint density at radius 1 is 1.37 bits per heavy atom. The Hall–Kier alpha value is -2.39. The van der Waals surface area contributed by atoms with Crippen LogP contribution in [0.1, 0.15) is 32.3 Å². The van der Waals surface area contributed by atoms with Crippen LogP contribution in [-0.4, -0.2) is 64.8 Å². The third kappa shape index (κ3) is 6.84. The summed E-state index contributed by atoms with van der Waals surface area (Å²) in [5.74, 6) is 0.863. The first kappa shape index (κ1) is 22.3. The van der Waals surface area contributed by atoms with Gasteiger partial charge in [-0.05, 0) is 36.0 Å². The highest BCUT2D eigenvalue weighted by molar-refractivity contribution is 8.15. The third-order valence-electron chi connectivity index (χ3n) is 4.97. The van der Waals surface area contributed by atoms with Gasteiger partial charge in [-0.3, -0.25) is 14.5 Å². The number of carbonyl (C=O) groups excluding carboxylic acids is 1. The standard InChI is InChI=1S/C21H28N4O4S/c1-14-8-15(2)13-25(12-14)6-7-29-17-5-3-4-16(9-17)11-22-24-21-23-20(28)18(30-21)10-19(26)27/h3-5,9,11,14-15,18H,6-8,10,12-13H2,1-2H3,(H,26,27)(H,23,24,28). The van der Waals surface area contributed by atoms with E-state index in [9.17, 15) is 9.59 Å². The van der Waals surface area contributed by atoms with Gasteiger partial charge in [0.15, 0.2) is 5.17 Å². The lowest BCUT2D eigenvalue weighted by Gasteiger charge is -2.34. The number of piperidine rings is 1. The van der Waals surface area contributed by atoms with Crippen molar-refractivity contribution in [1.82, 2.24) is 10.2 Å². The van der Waals surface area contributed by atoms with E-state index in [2.05, 4.69) is 34.3 Å². The SMILES string of the molecule is CC1CC(C)CN(CCOc2cccc(C=NN=C3NC(=O)C(CC(=O)O)S3)c2)C1. The lowest BCUT2D eigenvalue weighted by Crippen LogP contribution is -2.40. The summed E-state index contributed by atoms with van der Waals surface area (Å²) in [5.41, 5.74) is 0.827. The molecule has 2 aliphatic rings. The summed E-state index contributed by atoms with van der Waals surface area (Å²) in [5, 5.41) is 19.0. The quantitative estimate of drug-likeness (QED) is 0.483. The third-order valence-corrected chi connectivity index (χ3v) is 6.04. The van der Waals surface area contributed by atoms with Gasteiger partial charge >= 0.3 is 5.97 Å². The molecule has 8 nitrogen and oxygen atoms in total. The van der Waals surface area contributed by atoms with Crippen LogP contribution in [0.15, 0.2) is 34.5 Å². The minimum atomic E-state index is -1.02. The van der Waals surface area contributed by atoms with Crippen LogP contribution >= 0.6 is 11.8 Å². The molecule has 0 aliphatic carbocycles. The van der Waals surface area contributed by atoms with Crippen LogP contribution in [0.25, 0.3) is 0 Å². The molecule has 1 aromatic rings. The van der Waals surface area contributed by atoms with Gasteiger partial charge in [0.1, 0.15) is 17.6 Å². The van der Waals surface area contributed by atoms with E-state index in [-0.39, 0.29) is 12.3 Å². The highest BCUT2D eigenvalue weighted by Gasteiger charge is 2.32. The Bertz CT molecular complexity index is 819. The van der Waals surface area contributed by atoms with E-state index in [0.29, 0.717) is 11.8 Å². The molecule has 0 saturated carbocycles. The number of amides is 1. The largest absolute Gasteiger partial charge is 0.492 e. The second kappa shape index (κ2) is 10.6. The van der Waals surface area contributed by atoms with Crippen molar-refractivity contribution in [2.45, 2.75) is 31.9 Å². The van der Waals surface area contributed by atoms with Crippen molar-refractivity contribution < 1.29 is 19.4 Å². The molecule has 30 heavy (non-hydrogen) atoms. The van der Waals surface area contributed by atoms with E-state index < -0.39 is 11.2 Å². The Morgan fingerprint density at radius 2 is 2.13 bits per heavy atom. The van der Waals surface area contributed by atoms with Gasteiger partial charge in [0.2, 0.25) is 5.91 Å². The van der Waals surface area contributed by atoms with Crippen molar-refractivity contribution in [3.05, 3.63) is 29.8 Å². The molecule has 2 aliphatic heterocycles. The summed E-state index contributed by atoms with van der Waals surface area (Å²) >= 11 is 1.08. The Labute approximate surface area is 180 Å². The lowest BCUT2D eigenvalue weighted by molar-refractivity contribution is -0.138. The number of carboxylic acid groups (broad SMARTS) is 1. The zero-order valence-electron chi connectivity index (χ0n) is 17.3. The lowest BCUT2D eigenvalue weighted by atomic mass is 9.92. The van der Waals surface area contributed by atoms with Crippen molar-refractivity contribution in [3.63, 3.8) is 0 Å². The Kier molecular flexibility index (Phi) is 7.87. The molecule has 2 heterocycles. The molecule has 0 radical (unpaired) electrons. The molecule has 0 aromatic heterocycles. The van der Waals surface area contributed by atoms with Gasteiger partial charge in [-0.25, -0.2) is 0 Å². The average molecular weight is 433 g/mol. The van der Waals surface area contributed by atoms with Crippen LogP contribution < -0.4 is 10.1 Å². The van der Waals surface area contributed by atoms with Gasteiger partial charge in [0, 0.05) is 19.6 Å². The first-order chi connectivity index (χ1) is 14.4. The first-order valence-electron chi connectivity index (χ1n) is 10.1. The summed E-state index contributed by atoms with van der Waals surface area (Å²) in [6.07, 6.45) is 2.63. The number of carbonyl (C=O) groups is 2. The van der Waals surface area contributed by atoms with Gasteiger partial charge in [-0.2, -0.15) is 5.10 Å². The van der Waals surface area contributed by atoms with Crippen molar-refractivity contribution in [2.75, 3.05) is 26.2 Å². The van der Waals surface area contributed by atoms with Crippen LogP contribution in [-0.2, 0) is 9.59 Å². The minimum Gasteiger partial charge on any atom is -0.492 e. The molecule has 3 rings (SSSR count). The molecular weight excluding hydrogens is 404 g/mol. The summed E-state index contributed by atoms with van der Waals surface area (Å²) in [7, 11) is 0. The van der Waals surface area contributed by atoms with Gasteiger partial charge < -0.3 is 15.2 Å². The highest BCUT2D eigenvalue weighted by atomic mass is 32.2. The zero-order chi connectivity index (χ0) is 21.5. The van der Waals surface area contributed by atoms with Crippen LogP contribution in [0, 0.1) is 11.8 Å². The molecule has 3 unspecified atom stereocenters. The summed E-state index contributed by atoms with van der Waals surface area (Å²) < 4.78 is 5.91.